The van der Waals surface area contributed by atoms with Crippen LogP contribution in [0, 0.1) is 0 Å². The second-order valence-corrected chi connectivity index (χ2v) is 8.27. The van der Waals surface area contributed by atoms with E-state index in [0.29, 0.717) is 5.92 Å². The maximum atomic E-state index is 13.1. The van der Waals surface area contributed by atoms with Crippen molar-refractivity contribution in [1.29, 1.82) is 0 Å². The van der Waals surface area contributed by atoms with Gasteiger partial charge in [0.05, 0.1) is 22.2 Å². The molecule has 1 aliphatic heterocycles. The SMILES string of the molecule is O=S(=O)(c1ccccc1C(F)(F)F)N1CC(n2cc(C3CC3)nn2)C1. The summed E-state index contributed by atoms with van der Waals surface area (Å²) in [6.07, 6.45) is -0.759. The Balaban J connectivity index is 1.53. The van der Waals surface area contributed by atoms with E-state index in [2.05, 4.69) is 10.3 Å². The van der Waals surface area contributed by atoms with E-state index >= 15 is 0 Å². The van der Waals surface area contributed by atoms with Gasteiger partial charge in [-0.2, -0.15) is 17.5 Å². The summed E-state index contributed by atoms with van der Waals surface area (Å²) < 4.78 is 67.0. The molecule has 0 spiro atoms. The highest BCUT2D eigenvalue weighted by Crippen LogP contribution is 2.40. The summed E-state index contributed by atoms with van der Waals surface area (Å²) in [5.41, 5.74) is -0.251. The van der Waals surface area contributed by atoms with E-state index in [1.54, 1.807) is 10.9 Å². The number of rotatable bonds is 4. The number of halogens is 3. The molecule has 2 heterocycles. The molecule has 6 nitrogen and oxygen atoms in total. The molecule has 0 unspecified atom stereocenters. The first-order valence-electron chi connectivity index (χ1n) is 7.85. The fraction of sp³-hybridized carbons (Fsp3) is 0.467. The van der Waals surface area contributed by atoms with Crippen molar-refractivity contribution >= 4 is 10.0 Å². The monoisotopic (exact) mass is 372 g/mol. The second kappa shape index (κ2) is 5.53. The standard InChI is InChI=1S/C15H15F3N4O2S/c16-15(17,18)12-3-1-2-4-14(12)25(23,24)21-7-11(8-21)22-9-13(19-20-22)10-5-6-10/h1-4,9-11H,5-8H2. The summed E-state index contributed by atoms with van der Waals surface area (Å²) in [7, 11) is -4.20. The van der Waals surface area contributed by atoms with Gasteiger partial charge in [0.1, 0.15) is 0 Å². The average Bonchev–Trinajstić information content (AvgIpc) is 3.24. The minimum absolute atomic E-state index is 0.0853. The molecule has 134 valence electrons. The van der Waals surface area contributed by atoms with Gasteiger partial charge in [0.25, 0.3) is 0 Å². The number of sulfonamides is 1. The maximum absolute atomic E-state index is 13.1. The van der Waals surface area contributed by atoms with Gasteiger partial charge in [0, 0.05) is 25.2 Å². The molecule has 25 heavy (non-hydrogen) atoms. The molecule has 0 N–H and O–H groups in total. The van der Waals surface area contributed by atoms with Crippen molar-refractivity contribution in [2.75, 3.05) is 13.1 Å². The molecule has 2 aromatic rings. The molecule has 2 aliphatic rings. The lowest BCUT2D eigenvalue weighted by Gasteiger charge is -2.38. The van der Waals surface area contributed by atoms with E-state index in [1.165, 1.54) is 12.1 Å². The molecular weight excluding hydrogens is 357 g/mol. The predicted molar refractivity (Wildman–Crippen MR) is 81.2 cm³/mol. The van der Waals surface area contributed by atoms with E-state index in [1.807, 2.05) is 0 Å². The lowest BCUT2D eigenvalue weighted by molar-refractivity contribution is -0.139. The molecule has 2 fully saturated rings. The highest BCUT2D eigenvalue weighted by molar-refractivity contribution is 7.89. The van der Waals surface area contributed by atoms with Crippen LogP contribution in [-0.4, -0.2) is 40.8 Å². The van der Waals surface area contributed by atoms with E-state index < -0.39 is 26.7 Å². The first-order chi connectivity index (χ1) is 11.8. The maximum Gasteiger partial charge on any atom is 0.417 e. The van der Waals surface area contributed by atoms with Crippen molar-refractivity contribution in [2.45, 2.75) is 35.9 Å². The van der Waals surface area contributed by atoms with Crippen molar-refractivity contribution in [3.05, 3.63) is 41.7 Å². The quantitative estimate of drug-likeness (QED) is 0.827. The Labute approximate surface area is 142 Å². The summed E-state index contributed by atoms with van der Waals surface area (Å²) >= 11 is 0. The number of benzene rings is 1. The third kappa shape index (κ3) is 2.93. The van der Waals surface area contributed by atoms with Crippen LogP contribution in [0.1, 0.15) is 36.1 Å². The van der Waals surface area contributed by atoms with E-state index in [-0.39, 0.29) is 19.1 Å². The van der Waals surface area contributed by atoms with Crippen LogP contribution in [0.15, 0.2) is 35.4 Å². The van der Waals surface area contributed by atoms with Gasteiger partial charge in [0.15, 0.2) is 0 Å². The van der Waals surface area contributed by atoms with Crippen molar-refractivity contribution < 1.29 is 21.6 Å². The van der Waals surface area contributed by atoms with Crippen LogP contribution in [0.25, 0.3) is 0 Å². The van der Waals surface area contributed by atoms with Crippen molar-refractivity contribution in [2.24, 2.45) is 0 Å². The minimum atomic E-state index is -4.72. The molecule has 1 aromatic heterocycles. The predicted octanol–water partition coefficient (Wildman–Crippen LogP) is 2.42. The number of hydrogen-bond donors (Lipinski definition) is 0. The highest BCUT2D eigenvalue weighted by Gasteiger charge is 2.43. The van der Waals surface area contributed by atoms with Crippen LogP contribution in [0.5, 0.6) is 0 Å². The van der Waals surface area contributed by atoms with Crippen molar-refractivity contribution in [3.63, 3.8) is 0 Å². The third-order valence-corrected chi connectivity index (χ3v) is 6.43. The van der Waals surface area contributed by atoms with Crippen LogP contribution in [0.3, 0.4) is 0 Å². The topological polar surface area (TPSA) is 68.1 Å². The summed E-state index contributed by atoms with van der Waals surface area (Å²) in [6, 6.07) is 4.04. The molecule has 4 rings (SSSR count). The Morgan fingerprint density at radius 1 is 1.12 bits per heavy atom. The zero-order chi connectivity index (χ0) is 17.8. The Morgan fingerprint density at radius 3 is 2.44 bits per heavy atom. The largest absolute Gasteiger partial charge is 0.417 e. The van der Waals surface area contributed by atoms with Crippen LogP contribution >= 0.6 is 0 Å². The lowest BCUT2D eigenvalue weighted by atomic mass is 10.2. The fourth-order valence-corrected chi connectivity index (χ4v) is 4.61. The Morgan fingerprint density at radius 2 is 1.80 bits per heavy atom. The van der Waals surface area contributed by atoms with Gasteiger partial charge < -0.3 is 0 Å². The zero-order valence-electron chi connectivity index (χ0n) is 13.0. The Bertz CT molecular complexity index is 899. The van der Waals surface area contributed by atoms with Gasteiger partial charge in [-0.25, -0.2) is 13.1 Å². The van der Waals surface area contributed by atoms with E-state index in [9.17, 15) is 21.6 Å². The highest BCUT2D eigenvalue weighted by atomic mass is 32.2. The molecule has 0 atom stereocenters. The molecule has 1 saturated carbocycles. The molecule has 1 aromatic carbocycles. The van der Waals surface area contributed by atoms with Crippen LogP contribution in [0.2, 0.25) is 0 Å². The van der Waals surface area contributed by atoms with Gasteiger partial charge in [-0.1, -0.05) is 17.3 Å². The molecule has 0 amide bonds. The van der Waals surface area contributed by atoms with Crippen molar-refractivity contribution in [3.8, 4) is 0 Å². The van der Waals surface area contributed by atoms with Crippen molar-refractivity contribution in [1.82, 2.24) is 19.3 Å². The normalized spacial score (nSPS) is 19.8. The van der Waals surface area contributed by atoms with Gasteiger partial charge in [-0.05, 0) is 25.0 Å². The second-order valence-electron chi connectivity index (χ2n) is 6.37. The van der Waals surface area contributed by atoms with E-state index in [4.69, 9.17) is 0 Å². The number of alkyl halides is 3. The van der Waals surface area contributed by atoms with Crippen LogP contribution in [-0.2, 0) is 16.2 Å². The third-order valence-electron chi connectivity index (χ3n) is 4.54. The lowest BCUT2D eigenvalue weighted by Crippen LogP contribution is -2.51. The van der Waals surface area contributed by atoms with Gasteiger partial charge >= 0.3 is 6.18 Å². The van der Waals surface area contributed by atoms with Crippen LogP contribution < -0.4 is 0 Å². The Kier molecular flexibility index (Phi) is 3.66. The summed E-state index contributed by atoms with van der Waals surface area (Å²) in [4.78, 5) is -0.710. The molecule has 10 heteroatoms. The zero-order valence-corrected chi connectivity index (χ0v) is 13.8. The first kappa shape index (κ1) is 16.5. The number of hydrogen-bond acceptors (Lipinski definition) is 4. The number of nitrogens with zero attached hydrogens (tertiary/aromatic N) is 4. The number of aromatic nitrogens is 3. The molecule has 1 aliphatic carbocycles. The van der Waals surface area contributed by atoms with Gasteiger partial charge in [-0.3, -0.25) is 0 Å². The average molecular weight is 372 g/mol. The molecular formula is C15H15F3N4O2S. The minimum Gasteiger partial charge on any atom is -0.247 e. The molecule has 1 saturated heterocycles. The van der Waals surface area contributed by atoms with Gasteiger partial charge in [0.2, 0.25) is 10.0 Å². The summed E-state index contributed by atoms with van der Waals surface area (Å²) in [5.74, 6) is 0.437. The van der Waals surface area contributed by atoms with Gasteiger partial charge in [-0.15, -0.1) is 5.10 Å². The fourth-order valence-electron chi connectivity index (χ4n) is 2.88. The Hall–Kier alpha value is -1.94. The summed E-state index contributed by atoms with van der Waals surface area (Å²) in [6.45, 7) is 0.171. The van der Waals surface area contributed by atoms with E-state index in [0.717, 1.165) is 35.0 Å². The molecule has 0 bridgehead atoms. The smallest absolute Gasteiger partial charge is 0.247 e. The summed E-state index contributed by atoms with van der Waals surface area (Å²) in [5, 5.41) is 8.08. The molecule has 0 radical (unpaired) electrons. The first-order valence-corrected chi connectivity index (χ1v) is 9.29. The van der Waals surface area contributed by atoms with Crippen LogP contribution in [0.4, 0.5) is 13.2 Å².